The number of hydrogen-bond donors (Lipinski definition) is 0. The zero-order chi connectivity index (χ0) is 26.0. The Labute approximate surface area is 215 Å². The number of hydrogen-bond acceptors (Lipinski definition) is 7. The molecule has 9 nitrogen and oxygen atoms in total. The Morgan fingerprint density at radius 2 is 1.97 bits per heavy atom. The van der Waals surface area contributed by atoms with Crippen molar-refractivity contribution in [3.05, 3.63) is 64.8 Å². The summed E-state index contributed by atoms with van der Waals surface area (Å²) in [6.45, 7) is 8.44. The van der Waals surface area contributed by atoms with Crippen LogP contribution in [0.1, 0.15) is 37.2 Å². The second kappa shape index (κ2) is 10.5. The van der Waals surface area contributed by atoms with E-state index in [0.717, 1.165) is 10.7 Å². The van der Waals surface area contributed by atoms with Crippen molar-refractivity contribution in [3.63, 3.8) is 0 Å². The van der Waals surface area contributed by atoms with E-state index in [1.54, 1.807) is 54.2 Å². The van der Waals surface area contributed by atoms with Crippen molar-refractivity contribution < 1.29 is 17.6 Å². The Balaban J connectivity index is 1.71. The lowest BCUT2D eigenvalue weighted by molar-refractivity contribution is -0.136. The second-order valence-electron chi connectivity index (χ2n) is 9.31. The van der Waals surface area contributed by atoms with E-state index in [9.17, 15) is 13.2 Å². The number of aryl methyl sites for hydroxylation is 2. The molecule has 1 atom stereocenters. The number of furan rings is 1. The van der Waals surface area contributed by atoms with Gasteiger partial charge in [-0.1, -0.05) is 13.8 Å². The maximum Gasteiger partial charge on any atom is 0.244 e. The van der Waals surface area contributed by atoms with Crippen LogP contribution in [0.25, 0.3) is 11.0 Å². The molecule has 1 aromatic carbocycles. The predicted molar refractivity (Wildman–Crippen MR) is 139 cm³/mol. The Morgan fingerprint density at radius 1 is 1.19 bits per heavy atom. The van der Waals surface area contributed by atoms with E-state index >= 15 is 0 Å². The smallest absolute Gasteiger partial charge is 0.244 e. The number of aromatic nitrogens is 3. The van der Waals surface area contributed by atoms with Crippen LogP contribution >= 0.6 is 11.3 Å². The van der Waals surface area contributed by atoms with Crippen LogP contribution in [0.15, 0.2) is 57.7 Å². The van der Waals surface area contributed by atoms with Gasteiger partial charge >= 0.3 is 0 Å². The molecule has 0 fully saturated rings. The van der Waals surface area contributed by atoms with E-state index in [0.29, 0.717) is 29.8 Å². The van der Waals surface area contributed by atoms with Gasteiger partial charge in [-0.3, -0.25) is 4.79 Å². The van der Waals surface area contributed by atoms with E-state index in [-0.39, 0.29) is 23.3 Å². The van der Waals surface area contributed by atoms with Crippen LogP contribution in [0.4, 0.5) is 0 Å². The molecule has 11 heteroatoms. The fourth-order valence-corrected chi connectivity index (χ4v) is 6.30. The van der Waals surface area contributed by atoms with Crippen LogP contribution < -0.4 is 0 Å². The molecule has 0 aliphatic carbocycles. The topological polar surface area (TPSA) is 102 Å². The van der Waals surface area contributed by atoms with Crippen molar-refractivity contribution in [1.82, 2.24) is 23.7 Å². The third kappa shape index (κ3) is 5.53. The summed E-state index contributed by atoms with van der Waals surface area (Å²) in [5.41, 5.74) is 2.07. The first-order valence-electron chi connectivity index (χ1n) is 11.7. The third-order valence-corrected chi connectivity index (χ3v) is 8.71. The van der Waals surface area contributed by atoms with Crippen LogP contribution in [0.3, 0.4) is 0 Å². The Hall–Kier alpha value is -3.02. The summed E-state index contributed by atoms with van der Waals surface area (Å²) >= 11 is 1.53. The molecular formula is C25H31N5O4S2. The summed E-state index contributed by atoms with van der Waals surface area (Å²) in [6, 6.07) is 5.48. The summed E-state index contributed by atoms with van der Waals surface area (Å²) in [5.74, 6) is -0.0732. The van der Waals surface area contributed by atoms with Crippen LogP contribution in [0.2, 0.25) is 0 Å². The molecule has 4 aromatic rings. The lowest BCUT2D eigenvalue weighted by atomic mass is 10.1. The number of nitrogens with zero attached hydrogens (tertiary/aromatic N) is 5. The van der Waals surface area contributed by atoms with Crippen molar-refractivity contribution >= 4 is 38.2 Å². The largest absolute Gasteiger partial charge is 0.464 e. The molecule has 0 aliphatic heterocycles. The monoisotopic (exact) mass is 529 g/mol. The summed E-state index contributed by atoms with van der Waals surface area (Å²) in [6.07, 6.45) is 4.74. The number of thiazole rings is 1. The number of imidazole rings is 1. The zero-order valence-electron chi connectivity index (χ0n) is 21.1. The first kappa shape index (κ1) is 26.1. The molecule has 0 unspecified atom stereocenters. The average molecular weight is 530 g/mol. The van der Waals surface area contributed by atoms with Crippen molar-refractivity contribution in [1.29, 1.82) is 0 Å². The minimum Gasteiger partial charge on any atom is -0.464 e. The van der Waals surface area contributed by atoms with Crippen LogP contribution in [-0.2, 0) is 35.0 Å². The van der Waals surface area contributed by atoms with Gasteiger partial charge in [-0.25, -0.2) is 18.4 Å². The minimum atomic E-state index is -4.05. The summed E-state index contributed by atoms with van der Waals surface area (Å²) < 4.78 is 36.3. The zero-order valence-corrected chi connectivity index (χ0v) is 22.7. The first-order valence-corrected chi connectivity index (χ1v) is 14.0. The first-order chi connectivity index (χ1) is 17.1. The predicted octanol–water partition coefficient (Wildman–Crippen LogP) is 4.20. The maximum atomic E-state index is 14.0. The molecule has 0 radical (unpaired) electrons. The van der Waals surface area contributed by atoms with Crippen LogP contribution in [-0.4, -0.2) is 50.7 Å². The Bertz CT molecular complexity index is 1450. The number of sulfonamides is 1. The number of rotatable bonds is 10. The fraction of sp³-hybridized carbons (Fsp3) is 0.400. The molecular weight excluding hydrogens is 498 g/mol. The number of carbonyl (C=O) groups excluding carboxylic acids is 1. The molecule has 0 N–H and O–H groups in total. The molecule has 0 saturated heterocycles. The average Bonchev–Trinajstić information content (AvgIpc) is 3.56. The molecule has 1 amide bonds. The number of amides is 1. The van der Waals surface area contributed by atoms with Crippen molar-refractivity contribution in [2.24, 2.45) is 13.0 Å². The molecule has 3 heterocycles. The molecule has 36 heavy (non-hydrogen) atoms. The van der Waals surface area contributed by atoms with Gasteiger partial charge in [0, 0.05) is 30.6 Å². The molecule has 0 saturated carbocycles. The highest BCUT2D eigenvalue weighted by Gasteiger charge is 2.36. The summed E-state index contributed by atoms with van der Waals surface area (Å²) in [5, 5.41) is 3.53. The lowest BCUT2D eigenvalue weighted by Crippen LogP contribution is -2.49. The molecule has 192 valence electrons. The SMILES string of the molecule is Cc1nc(CN(CC(C)C)C(=O)[C@H](C)N(Cc2cncn2C)S(=O)(=O)c2ccc3occc3c2)cs1. The molecule has 0 spiro atoms. The van der Waals surface area contributed by atoms with E-state index in [1.807, 2.05) is 26.2 Å². The maximum absolute atomic E-state index is 14.0. The van der Waals surface area contributed by atoms with E-state index in [4.69, 9.17) is 4.42 Å². The molecule has 3 aromatic heterocycles. The standard InChI is InChI=1S/C25H31N5O4S2/c1-17(2)12-29(13-21-15-35-19(4)27-21)25(31)18(3)30(14-22-11-26-16-28(22)5)36(32,33)23-6-7-24-20(10-23)8-9-34-24/h6-11,15-18H,12-14H2,1-5H3/t18-/m0/s1. The van der Waals surface area contributed by atoms with Crippen LogP contribution in [0, 0.1) is 12.8 Å². The van der Waals surface area contributed by atoms with E-state index in [2.05, 4.69) is 9.97 Å². The van der Waals surface area contributed by atoms with Gasteiger partial charge in [0.2, 0.25) is 15.9 Å². The quantitative estimate of drug-likeness (QED) is 0.305. The number of benzene rings is 1. The fourth-order valence-electron chi connectivity index (χ4n) is 4.10. The second-order valence-corrected chi connectivity index (χ2v) is 12.3. The van der Waals surface area contributed by atoms with Gasteiger partial charge in [-0.2, -0.15) is 4.31 Å². The van der Waals surface area contributed by atoms with Crippen LogP contribution in [0.5, 0.6) is 0 Å². The van der Waals surface area contributed by atoms with E-state index < -0.39 is 16.1 Å². The highest BCUT2D eigenvalue weighted by Crippen LogP contribution is 2.26. The van der Waals surface area contributed by atoms with Gasteiger partial charge in [0.05, 0.1) is 47.0 Å². The van der Waals surface area contributed by atoms with Gasteiger partial charge in [-0.15, -0.1) is 11.3 Å². The molecule has 0 aliphatic rings. The lowest BCUT2D eigenvalue weighted by Gasteiger charge is -2.33. The normalized spacial score (nSPS) is 13.1. The summed E-state index contributed by atoms with van der Waals surface area (Å²) in [4.78, 5) is 24.3. The van der Waals surface area contributed by atoms with Gasteiger partial charge in [-0.05, 0) is 44.0 Å². The minimum absolute atomic E-state index is 0.000488. The van der Waals surface area contributed by atoms with Gasteiger partial charge in [0.1, 0.15) is 11.6 Å². The highest BCUT2D eigenvalue weighted by atomic mass is 32.2. The Morgan fingerprint density at radius 3 is 2.61 bits per heavy atom. The number of carbonyl (C=O) groups is 1. The Kier molecular flexibility index (Phi) is 7.62. The van der Waals surface area contributed by atoms with Crippen molar-refractivity contribution in [2.45, 2.75) is 51.7 Å². The van der Waals surface area contributed by atoms with Gasteiger partial charge in [0.15, 0.2) is 0 Å². The van der Waals surface area contributed by atoms with E-state index in [1.165, 1.54) is 28.0 Å². The van der Waals surface area contributed by atoms with Crippen molar-refractivity contribution in [2.75, 3.05) is 6.54 Å². The summed E-state index contributed by atoms with van der Waals surface area (Å²) in [7, 11) is -2.25. The third-order valence-electron chi connectivity index (χ3n) is 5.97. The highest BCUT2D eigenvalue weighted by molar-refractivity contribution is 7.89. The van der Waals surface area contributed by atoms with Gasteiger partial charge < -0.3 is 13.9 Å². The van der Waals surface area contributed by atoms with Gasteiger partial charge in [0.25, 0.3) is 0 Å². The van der Waals surface area contributed by atoms with Crippen molar-refractivity contribution in [3.8, 4) is 0 Å². The molecule has 0 bridgehead atoms. The molecule has 4 rings (SSSR count). The number of fused-ring (bicyclic) bond motifs is 1.